The first-order chi connectivity index (χ1) is 13.0. The predicted octanol–water partition coefficient (Wildman–Crippen LogP) is 3.58. The molecule has 0 radical (unpaired) electrons. The second-order valence-electron chi connectivity index (χ2n) is 5.55. The van der Waals surface area contributed by atoms with E-state index in [4.69, 9.17) is 20.8 Å². The van der Waals surface area contributed by atoms with Crippen LogP contribution in [-0.2, 0) is 0 Å². The summed E-state index contributed by atoms with van der Waals surface area (Å²) in [6.45, 7) is 3.72. The van der Waals surface area contributed by atoms with Gasteiger partial charge in [0.2, 0.25) is 0 Å². The van der Waals surface area contributed by atoms with Crippen LogP contribution < -0.4 is 15.7 Å². The molecule has 0 bridgehead atoms. The lowest BCUT2D eigenvalue weighted by Crippen LogP contribution is -2.28. The second kappa shape index (κ2) is 7.88. The van der Waals surface area contributed by atoms with Crippen LogP contribution in [0.5, 0.6) is 5.75 Å². The van der Waals surface area contributed by atoms with Gasteiger partial charge in [0.1, 0.15) is 16.9 Å². The number of benzene rings is 2. The highest BCUT2D eigenvalue weighted by atomic mass is 35.5. The van der Waals surface area contributed by atoms with E-state index in [9.17, 15) is 14.4 Å². The van der Waals surface area contributed by atoms with E-state index in [1.54, 1.807) is 24.3 Å². The molecule has 6 nitrogen and oxygen atoms in total. The zero-order chi connectivity index (χ0) is 19.4. The van der Waals surface area contributed by atoms with Crippen LogP contribution in [0, 0.1) is 0 Å². The highest BCUT2D eigenvalue weighted by molar-refractivity contribution is 6.30. The minimum atomic E-state index is -0.789. The average Bonchev–Trinajstić information content (AvgIpc) is 2.65. The Labute approximate surface area is 159 Å². The first-order valence-electron chi connectivity index (χ1n) is 7.92. The quantitative estimate of drug-likeness (QED) is 0.315. The van der Waals surface area contributed by atoms with E-state index in [-0.39, 0.29) is 23.4 Å². The Morgan fingerprint density at radius 2 is 2.00 bits per heavy atom. The van der Waals surface area contributed by atoms with Gasteiger partial charge in [-0.15, -0.1) is 6.58 Å². The van der Waals surface area contributed by atoms with Gasteiger partial charge in [-0.1, -0.05) is 23.7 Å². The van der Waals surface area contributed by atoms with Crippen molar-refractivity contribution in [1.82, 2.24) is 5.32 Å². The number of nitrogens with one attached hydrogen (secondary N) is 1. The fourth-order valence-electron chi connectivity index (χ4n) is 2.35. The number of carbonyl (C=O) groups is 2. The van der Waals surface area contributed by atoms with E-state index >= 15 is 0 Å². The van der Waals surface area contributed by atoms with Crippen molar-refractivity contribution in [1.29, 1.82) is 0 Å². The number of carbonyl (C=O) groups excluding carboxylic acids is 2. The lowest BCUT2D eigenvalue weighted by molar-refractivity contribution is 0.0734. The van der Waals surface area contributed by atoms with Gasteiger partial charge >= 0.3 is 11.6 Å². The summed E-state index contributed by atoms with van der Waals surface area (Å²) in [6, 6.07) is 12.3. The highest BCUT2D eigenvalue weighted by Gasteiger charge is 2.14. The van der Waals surface area contributed by atoms with Gasteiger partial charge in [0.25, 0.3) is 5.91 Å². The third-order valence-corrected chi connectivity index (χ3v) is 3.86. The van der Waals surface area contributed by atoms with Crippen LogP contribution in [0.3, 0.4) is 0 Å². The summed E-state index contributed by atoms with van der Waals surface area (Å²) < 4.78 is 10.5. The molecule has 27 heavy (non-hydrogen) atoms. The molecule has 2 aromatic carbocycles. The molecule has 3 rings (SSSR count). The maximum Gasteiger partial charge on any atom is 0.349 e. The van der Waals surface area contributed by atoms with Crippen molar-refractivity contribution in [3.63, 3.8) is 0 Å². The van der Waals surface area contributed by atoms with Gasteiger partial charge in [-0.2, -0.15) is 0 Å². The summed E-state index contributed by atoms with van der Waals surface area (Å²) in [7, 11) is 0. The summed E-state index contributed by atoms with van der Waals surface area (Å²) in [5.74, 6) is -0.957. The van der Waals surface area contributed by atoms with Gasteiger partial charge in [-0.25, -0.2) is 9.59 Å². The SMILES string of the molecule is C=CCNC(=O)c1cc2ccc(OC(=O)c3cccc(Cl)c3)cc2oc1=O. The van der Waals surface area contributed by atoms with Gasteiger partial charge in [0, 0.05) is 23.0 Å². The minimum Gasteiger partial charge on any atom is -0.423 e. The Bertz CT molecular complexity index is 1100. The van der Waals surface area contributed by atoms with Crippen LogP contribution in [0.2, 0.25) is 5.02 Å². The molecule has 0 aliphatic rings. The Kier molecular flexibility index (Phi) is 5.38. The van der Waals surface area contributed by atoms with Crippen LogP contribution in [0.1, 0.15) is 20.7 Å². The molecule has 0 fully saturated rings. The lowest BCUT2D eigenvalue weighted by atomic mass is 10.1. The number of ether oxygens (including phenoxy) is 1. The van der Waals surface area contributed by atoms with E-state index < -0.39 is 17.5 Å². The maximum atomic E-state index is 12.2. The highest BCUT2D eigenvalue weighted by Crippen LogP contribution is 2.22. The third-order valence-electron chi connectivity index (χ3n) is 3.63. The van der Waals surface area contributed by atoms with Crippen LogP contribution in [0.4, 0.5) is 0 Å². The molecule has 1 amide bonds. The number of rotatable bonds is 5. The van der Waals surface area contributed by atoms with Gasteiger partial charge in [-0.05, 0) is 36.4 Å². The molecule has 0 spiro atoms. The summed E-state index contributed by atoms with van der Waals surface area (Å²) in [5.41, 5.74) is -0.426. The Balaban J connectivity index is 1.87. The zero-order valence-corrected chi connectivity index (χ0v) is 14.8. The zero-order valence-electron chi connectivity index (χ0n) is 14.0. The molecule has 3 aromatic rings. The summed E-state index contributed by atoms with van der Waals surface area (Å²) in [5, 5.41) is 3.45. The molecule has 136 valence electrons. The molecule has 0 aliphatic heterocycles. The van der Waals surface area contributed by atoms with Crippen LogP contribution >= 0.6 is 11.6 Å². The minimum absolute atomic E-state index is 0.118. The molecular weight excluding hydrogens is 370 g/mol. The van der Waals surface area contributed by atoms with Gasteiger partial charge in [0.15, 0.2) is 0 Å². The van der Waals surface area contributed by atoms with E-state index in [0.29, 0.717) is 16.0 Å². The maximum absolute atomic E-state index is 12.2. The number of hydrogen-bond donors (Lipinski definition) is 1. The normalized spacial score (nSPS) is 10.4. The van der Waals surface area contributed by atoms with Gasteiger partial charge < -0.3 is 14.5 Å². The number of esters is 1. The fraction of sp³-hybridized carbons (Fsp3) is 0.0500. The number of halogens is 1. The van der Waals surface area contributed by atoms with Crippen molar-refractivity contribution in [2.24, 2.45) is 0 Å². The van der Waals surface area contributed by atoms with E-state index in [2.05, 4.69) is 11.9 Å². The van der Waals surface area contributed by atoms with Crippen molar-refractivity contribution >= 4 is 34.4 Å². The van der Waals surface area contributed by atoms with Crippen molar-refractivity contribution in [3.05, 3.63) is 87.8 Å². The Morgan fingerprint density at radius 1 is 1.19 bits per heavy atom. The lowest BCUT2D eigenvalue weighted by Gasteiger charge is -2.06. The van der Waals surface area contributed by atoms with E-state index in [1.165, 1.54) is 30.3 Å². The molecular formula is C20H14ClNO5. The molecule has 0 atom stereocenters. The van der Waals surface area contributed by atoms with Crippen LogP contribution in [0.15, 0.2) is 70.4 Å². The van der Waals surface area contributed by atoms with Gasteiger partial charge in [0.05, 0.1) is 5.56 Å². The summed E-state index contributed by atoms with van der Waals surface area (Å²) >= 11 is 5.86. The molecule has 0 saturated carbocycles. The van der Waals surface area contributed by atoms with Crippen molar-refractivity contribution in [2.45, 2.75) is 0 Å². The largest absolute Gasteiger partial charge is 0.423 e. The summed E-state index contributed by atoms with van der Waals surface area (Å²) in [4.78, 5) is 36.2. The van der Waals surface area contributed by atoms with Crippen LogP contribution in [0.25, 0.3) is 11.0 Å². The molecule has 7 heteroatoms. The average molecular weight is 384 g/mol. The smallest absolute Gasteiger partial charge is 0.349 e. The van der Waals surface area contributed by atoms with Crippen molar-refractivity contribution < 1.29 is 18.7 Å². The molecule has 0 saturated heterocycles. The molecule has 1 aromatic heterocycles. The van der Waals surface area contributed by atoms with Gasteiger partial charge in [-0.3, -0.25) is 4.79 Å². The number of hydrogen-bond acceptors (Lipinski definition) is 5. The molecule has 0 unspecified atom stereocenters. The fourth-order valence-corrected chi connectivity index (χ4v) is 2.55. The van der Waals surface area contributed by atoms with E-state index in [1.807, 2.05) is 0 Å². The predicted molar refractivity (Wildman–Crippen MR) is 101 cm³/mol. The standard InChI is InChI=1S/C20H14ClNO5/c1-2-8-22-18(23)16-10-12-6-7-15(11-17(12)27-20(16)25)26-19(24)13-4-3-5-14(21)9-13/h2-7,9-11H,1,8H2,(H,22,23). The summed E-state index contributed by atoms with van der Waals surface area (Å²) in [6.07, 6.45) is 1.50. The Morgan fingerprint density at radius 3 is 2.74 bits per heavy atom. The monoisotopic (exact) mass is 383 g/mol. The number of fused-ring (bicyclic) bond motifs is 1. The molecule has 1 heterocycles. The van der Waals surface area contributed by atoms with Crippen molar-refractivity contribution in [3.8, 4) is 5.75 Å². The number of amides is 1. The van der Waals surface area contributed by atoms with Crippen LogP contribution in [-0.4, -0.2) is 18.4 Å². The van der Waals surface area contributed by atoms with E-state index in [0.717, 1.165) is 0 Å². The Hall–Kier alpha value is -3.38. The second-order valence-corrected chi connectivity index (χ2v) is 5.98. The third kappa shape index (κ3) is 4.24. The topological polar surface area (TPSA) is 85.6 Å². The van der Waals surface area contributed by atoms with Crippen molar-refractivity contribution in [2.75, 3.05) is 6.54 Å². The molecule has 1 N–H and O–H groups in total. The first-order valence-corrected chi connectivity index (χ1v) is 8.30. The molecule has 0 aliphatic carbocycles. The first kappa shape index (κ1) is 18.4.